The maximum Gasteiger partial charge on any atom is 0.0702 e. The van der Waals surface area contributed by atoms with Crippen molar-refractivity contribution in [2.24, 2.45) is 0 Å². The van der Waals surface area contributed by atoms with Crippen LogP contribution >= 0.6 is 15.9 Å². The van der Waals surface area contributed by atoms with Gasteiger partial charge in [0.05, 0.1) is 12.3 Å². The first-order valence-electron chi connectivity index (χ1n) is 3.91. The zero-order chi connectivity index (χ0) is 10.8. The van der Waals surface area contributed by atoms with Crippen molar-refractivity contribution in [3.8, 4) is 0 Å². The third-order valence-electron chi connectivity index (χ3n) is 1.56. The molecule has 0 aromatic heterocycles. The zero-order valence-electron chi connectivity index (χ0n) is 7.79. The normalized spacial score (nSPS) is 14.8. The van der Waals surface area contributed by atoms with Crippen LogP contribution in [0.1, 0.15) is 5.56 Å². The highest BCUT2D eigenvalue weighted by Crippen LogP contribution is 2.21. The smallest absolute Gasteiger partial charge is 0.0702 e. The van der Waals surface area contributed by atoms with E-state index in [1.54, 1.807) is 12.1 Å². The van der Waals surface area contributed by atoms with Crippen molar-refractivity contribution in [2.45, 2.75) is 6.61 Å². The summed E-state index contributed by atoms with van der Waals surface area (Å²) in [6.07, 6.45) is 1.51. The number of aliphatic hydroxyl groups excluding tert-OH is 1. The summed E-state index contributed by atoms with van der Waals surface area (Å²) in [5.41, 5.74) is 1.34. The lowest BCUT2D eigenvalue weighted by atomic mass is 10.2. The number of rotatable bonds is 3. The fourth-order valence-electron chi connectivity index (χ4n) is 1.03. The first-order valence-corrected chi connectivity index (χ1v) is 6.84. The van der Waals surface area contributed by atoms with E-state index in [1.165, 1.54) is 6.26 Å². The highest BCUT2D eigenvalue weighted by molar-refractivity contribution is 9.10. The maximum atomic E-state index is 11.4. The number of anilines is 1. The Bertz CT molecular complexity index is 428. The van der Waals surface area contributed by atoms with Gasteiger partial charge in [-0.2, -0.15) is 0 Å². The van der Waals surface area contributed by atoms with E-state index in [-0.39, 0.29) is 6.61 Å². The molecule has 0 radical (unpaired) electrons. The molecule has 1 unspecified atom stereocenters. The van der Waals surface area contributed by atoms with Crippen LogP contribution in [0.4, 0.5) is 5.69 Å². The fraction of sp³-hybridized carbons (Fsp3) is 0.222. The van der Waals surface area contributed by atoms with E-state index in [0.29, 0.717) is 11.3 Å². The standard InChI is InChI=1S/C9H12BrNO2S/c1-14(2,13)11-9-4-3-8(10)5-7(9)6-12/h3-5,12H,1,6H2,2H3,(H,11,13). The summed E-state index contributed by atoms with van der Waals surface area (Å²) in [5, 5.41) is 9.07. The molecule has 78 valence electrons. The number of hydrogen-bond donors (Lipinski definition) is 2. The van der Waals surface area contributed by atoms with Crippen LogP contribution in [0.5, 0.6) is 0 Å². The number of nitrogens with one attached hydrogen (secondary N) is 1. The second kappa shape index (κ2) is 4.33. The monoisotopic (exact) mass is 277 g/mol. The van der Waals surface area contributed by atoms with Gasteiger partial charge in [-0.15, -0.1) is 0 Å². The van der Waals surface area contributed by atoms with E-state index in [4.69, 9.17) is 5.11 Å². The molecule has 1 aromatic carbocycles. The number of halogens is 1. The van der Waals surface area contributed by atoms with Gasteiger partial charge in [0.15, 0.2) is 0 Å². The maximum absolute atomic E-state index is 11.4. The van der Waals surface area contributed by atoms with Gasteiger partial charge in [-0.3, -0.25) is 0 Å². The molecule has 0 aliphatic rings. The minimum Gasteiger partial charge on any atom is -0.392 e. The Morgan fingerprint density at radius 1 is 1.64 bits per heavy atom. The molecular weight excluding hydrogens is 266 g/mol. The highest BCUT2D eigenvalue weighted by Gasteiger charge is 2.03. The average molecular weight is 278 g/mol. The summed E-state index contributed by atoms with van der Waals surface area (Å²) in [6, 6.07) is 5.34. The molecule has 0 spiro atoms. The first-order chi connectivity index (χ1) is 6.42. The largest absolute Gasteiger partial charge is 0.392 e. The van der Waals surface area contributed by atoms with E-state index in [2.05, 4.69) is 26.5 Å². The quantitative estimate of drug-likeness (QED) is 0.825. The van der Waals surface area contributed by atoms with E-state index in [1.807, 2.05) is 6.07 Å². The van der Waals surface area contributed by atoms with Crippen molar-refractivity contribution in [3.63, 3.8) is 0 Å². The van der Waals surface area contributed by atoms with Crippen LogP contribution in [0, 0.1) is 0 Å². The van der Waals surface area contributed by atoms with Gasteiger partial charge >= 0.3 is 0 Å². The lowest BCUT2D eigenvalue weighted by molar-refractivity contribution is 0.282. The lowest BCUT2D eigenvalue weighted by Gasteiger charge is -2.11. The van der Waals surface area contributed by atoms with Gasteiger partial charge in [0.25, 0.3) is 0 Å². The Morgan fingerprint density at radius 3 is 2.79 bits per heavy atom. The minimum atomic E-state index is -2.30. The predicted octanol–water partition coefficient (Wildman–Crippen LogP) is 1.61. The van der Waals surface area contributed by atoms with E-state index in [0.717, 1.165) is 4.47 Å². The zero-order valence-corrected chi connectivity index (χ0v) is 10.2. The molecule has 1 atom stereocenters. The van der Waals surface area contributed by atoms with Crippen LogP contribution in [0.2, 0.25) is 0 Å². The van der Waals surface area contributed by atoms with Gasteiger partial charge in [-0.25, -0.2) is 4.21 Å². The van der Waals surface area contributed by atoms with Crippen LogP contribution in [0.15, 0.2) is 22.7 Å². The van der Waals surface area contributed by atoms with Crippen molar-refractivity contribution in [2.75, 3.05) is 11.0 Å². The highest BCUT2D eigenvalue weighted by atomic mass is 79.9. The molecule has 0 bridgehead atoms. The summed E-state index contributed by atoms with van der Waals surface area (Å²) >= 11 is 3.29. The number of aliphatic hydroxyl groups is 1. The van der Waals surface area contributed by atoms with Crippen LogP contribution in [-0.4, -0.2) is 21.4 Å². The van der Waals surface area contributed by atoms with Crippen molar-refractivity contribution < 1.29 is 9.32 Å². The third kappa shape index (κ3) is 3.32. The number of hydrogen-bond acceptors (Lipinski definition) is 2. The van der Waals surface area contributed by atoms with Crippen LogP contribution in [0.25, 0.3) is 0 Å². The summed E-state index contributed by atoms with van der Waals surface area (Å²) in [6.45, 7) is -0.0999. The van der Waals surface area contributed by atoms with Crippen LogP contribution in [0.3, 0.4) is 0 Å². The molecule has 0 saturated heterocycles. The Labute approximate surface area is 92.4 Å². The molecule has 14 heavy (non-hydrogen) atoms. The molecule has 2 N–H and O–H groups in total. The summed E-state index contributed by atoms with van der Waals surface area (Å²) in [7, 11) is -2.30. The minimum absolute atomic E-state index is 0.0999. The predicted molar refractivity (Wildman–Crippen MR) is 64.9 cm³/mol. The molecule has 0 aliphatic heterocycles. The lowest BCUT2D eigenvalue weighted by Crippen LogP contribution is -2.11. The molecule has 1 rings (SSSR count). The van der Waals surface area contributed by atoms with E-state index >= 15 is 0 Å². The van der Waals surface area contributed by atoms with Gasteiger partial charge in [0, 0.05) is 26.0 Å². The topological polar surface area (TPSA) is 49.3 Å². The van der Waals surface area contributed by atoms with Crippen LogP contribution < -0.4 is 4.72 Å². The molecule has 0 fully saturated rings. The Kier molecular flexibility index (Phi) is 3.58. The fourth-order valence-corrected chi connectivity index (χ4v) is 2.10. The molecule has 0 heterocycles. The molecule has 0 aliphatic carbocycles. The van der Waals surface area contributed by atoms with Crippen molar-refractivity contribution in [1.82, 2.24) is 0 Å². The van der Waals surface area contributed by atoms with Crippen LogP contribution in [-0.2, 0) is 16.3 Å². The van der Waals surface area contributed by atoms with Gasteiger partial charge < -0.3 is 9.83 Å². The second-order valence-corrected chi connectivity index (χ2v) is 6.20. The molecule has 0 amide bonds. The molecule has 1 aromatic rings. The third-order valence-corrected chi connectivity index (χ3v) is 2.71. The molecular formula is C9H12BrNO2S. The summed E-state index contributed by atoms with van der Waals surface area (Å²) in [4.78, 5) is 0. The van der Waals surface area contributed by atoms with Gasteiger partial charge in [0.2, 0.25) is 0 Å². The molecule has 5 heteroatoms. The average Bonchev–Trinajstić information content (AvgIpc) is 2.06. The molecule has 0 saturated carbocycles. The van der Waals surface area contributed by atoms with Gasteiger partial charge in [0.1, 0.15) is 0 Å². The van der Waals surface area contributed by atoms with Crippen molar-refractivity contribution in [1.29, 1.82) is 0 Å². The Morgan fingerprint density at radius 2 is 2.29 bits per heavy atom. The van der Waals surface area contributed by atoms with E-state index in [9.17, 15) is 4.21 Å². The van der Waals surface area contributed by atoms with Gasteiger partial charge in [-0.1, -0.05) is 15.9 Å². The Hall–Kier alpha value is -0.520. The van der Waals surface area contributed by atoms with E-state index < -0.39 is 9.71 Å². The summed E-state index contributed by atoms with van der Waals surface area (Å²) in [5.74, 6) is 3.49. The Balaban J connectivity index is 3.09. The van der Waals surface area contributed by atoms with Crippen molar-refractivity contribution >= 4 is 37.2 Å². The van der Waals surface area contributed by atoms with Gasteiger partial charge in [-0.05, 0) is 24.1 Å². The van der Waals surface area contributed by atoms with Crippen molar-refractivity contribution in [3.05, 3.63) is 28.2 Å². The summed E-state index contributed by atoms with van der Waals surface area (Å²) < 4.78 is 15.0. The SMILES string of the molecule is C=S(C)(=O)Nc1ccc(Br)cc1CO. The second-order valence-electron chi connectivity index (χ2n) is 3.07. The number of benzene rings is 1. The first kappa shape index (κ1) is 11.6. The molecule has 3 nitrogen and oxygen atoms in total.